The molecule has 0 unspecified atom stereocenters. The average molecular weight is 580 g/mol. The third-order valence-corrected chi connectivity index (χ3v) is 8.33. The van der Waals surface area contributed by atoms with Crippen LogP contribution in [-0.2, 0) is 36.9 Å². The zero-order chi connectivity index (χ0) is 29.5. The summed E-state index contributed by atoms with van der Waals surface area (Å²) in [7, 11) is 1.61. The fourth-order valence-electron chi connectivity index (χ4n) is 5.79. The van der Waals surface area contributed by atoms with Gasteiger partial charge in [-0.3, -0.25) is 14.4 Å². The number of hydrogen-bond acceptors (Lipinski definition) is 7. The van der Waals surface area contributed by atoms with E-state index in [9.17, 15) is 19.5 Å². The summed E-state index contributed by atoms with van der Waals surface area (Å²) in [6.07, 6.45) is 2.98. The smallest absolute Gasteiger partial charge is 0.239 e. The Morgan fingerprint density at radius 3 is 2.64 bits per heavy atom. The molecule has 10 heteroatoms. The molecular formula is C32H41N3O7. The fourth-order valence-corrected chi connectivity index (χ4v) is 5.79. The first-order valence-corrected chi connectivity index (χ1v) is 14.8. The lowest BCUT2D eigenvalue weighted by molar-refractivity contribution is -0.144. The first kappa shape index (κ1) is 30.0. The number of likely N-dealkylation sites (tertiary alicyclic amines) is 1. The van der Waals surface area contributed by atoms with E-state index < -0.39 is 11.5 Å². The van der Waals surface area contributed by atoms with Crippen LogP contribution in [-0.4, -0.2) is 91.3 Å². The van der Waals surface area contributed by atoms with Crippen molar-refractivity contribution in [1.29, 1.82) is 0 Å². The van der Waals surface area contributed by atoms with Gasteiger partial charge < -0.3 is 34.4 Å². The van der Waals surface area contributed by atoms with Gasteiger partial charge in [0.05, 0.1) is 37.3 Å². The Morgan fingerprint density at radius 2 is 1.90 bits per heavy atom. The monoisotopic (exact) mass is 579 g/mol. The summed E-state index contributed by atoms with van der Waals surface area (Å²) in [6, 6.07) is 14.9. The van der Waals surface area contributed by atoms with E-state index in [1.807, 2.05) is 53.4 Å². The van der Waals surface area contributed by atoms with Crippen molar-refractivity contribution in [2.24, 2.45) is 5.41 Å². The van der Waals surface area contributed by atoms with Gasteiger partial charge in [-0.1, -0.05) is 24.3 Å². The Kier molecular flexibility index (Phi) is 9.76. The number of aliphatic hydroxyl groups excluding tert-OH is 1. The summed E-state index contributed by atoms with van der Waals surface area (Å²) >= 11 is 0. The van der Waals surface area contributed by atoms with Crippen LogP contribution >= 0.6 is 0 Å². The number of benzene rings is 2. The zero-order valence-electron chi connectivity index (χ0n) is 24.3. The lowest BCUT2D eigenvalue weighted by atomic mass is 9.98. The molecule has 2 atom stereocenters. The molecule has 1 saturated carbocycles. The van der Waals surface area contributed by atoms with Crippen molar-refractivity contribution in [1.82, 2.24) is 15.1 Å². The third kappa shape index (κ3) is 7.48. The maximum atomic E-state index is 13.4. The third-order valence-electron chi connectivity index (χ3n) is 8.33. The van der Waals surface area contributed by atoms with Crippen molar-refractivity contribution in [2.75, 3.05) is 46.5 Å². The Hall–Kier alpha value is -3.47. The minimum absolute atomic E-state index is 0.0593. The molecule has 2 fully saturated rings. The summed E-state index contributed by atoms with van der Waals surface area (Å²) in [4.78, 5) is 43.3. The standard InChI is InChI=1S/C32H41N3O7/c1-40-22-32(13-14-32)31(39)35-16-12-28-27(19-35)33-29(37)20-34(15-3-17-36)30(38)11-8-23-6-9-25(10-7-23)42-26-5-2-4-24(18-26)21-41-28/h2,4-7,9-10,18,27-28,36H,3,8,11-17,19-22H2,1H3,(H,33,37)/t27-,28-/m0/s1. The molecule has 3 aliphatic heterocycles. The van der Waals surface area contributed by atoms with E-state index in [1.54, 1.807) is 7.11 Å². The second kappa shape index (κ2) is 13.7. The first-order valence-electron chi connectivity index (χ1n) is 14.8. The second-order valence-corrected chi connectivity index (χ2v) is 11.6. The highest BCUT2D eigenvalue weighted by molar-refractivity contribution is 5.86. The average Bonchev–Trinajstić information content (AvgIpc) is 3.78. The van der Waals surface area contributed by atoms with E-state index in [0.29, 0.717) is 57.1 Å². The van der Waals surface area contributed by atoms with Crippen LogP contribution in [0.3, 0.4) is 0 Å². The molecule has 6 rings (SSSR count). The summed E-state index contributed by atoms with van der Waals surface area (Å²) in [5, 5.41) is 12.5. The first-order chi connectivity index (χ1) is 20.4. The Bertz CT molecular complexity index is 1250. The highest BCUT2D eigenvalue weighted by atomic mass is 16.5. The minimum Gasteiger partial charge on any atom is -0.457 e. The van der Waals surface area contributed by atoms with Crippen LogP contribution in [0.25, 0.3) is 0 Å². The molecule has 3 heterocycles. The number of nitrogens with one attached hydrogen (secondary N) is 1. The summed E-state index contributed by atoms with van der Waals surface area (Å²) in [6.45, 7) is 1.63. The molecule has 2 aromatic carbocycles. The van der Waals surface area contributed by atoms with Crippen molar-refractivity contribution in [3.05, 3.63) is 59.7 Å². The Labute approximate surface area is 246 Å². The highest BCUT2D eigenvalue weighted by Crippen LogP contribution is 2.47. The van der Waals surface area contributed by atoms with E-state index in [0.717, 1.165) is 24.0 Å². The predicted octanol–water partition coefficient (Wildman–Crippen LogP) is 2.67. The van der Waals surface area contributed by atoms with Crippen molar-refractivity contribution >= 4 is 17.7 Å². The number of rotatable bonds is 6. The molecule has 1 saturated heterocycles. The SMILES string of the molecule is COCC1(C(=O)N2CC[C@@H]3OCc4cccc(c4)Oc4ccc(cc4)CCC(=O)N(CCCO)CC(=O)N[C@H]3C2)CC1. The number of carbonyl (C=O) groups is 3. The van der Waals surface area contributed by atoms with E-state index in [1.165, 1.54) is 4.90 Å². The number of nitrogens with zero attached hydrogens (tertiary/aromatic N) is 2. The topological polar surface area (TPSA) is 118 Å². The molecule has 10 nitrogen and oxygen atoms in total. The van der Waals surface area contributed by atoms with E-state index in [4.69, 9.17) is 14.2 Å². The van der Waals surface area contributed by atoms with Crippen molar-refractivity contribution < 1.29 is 33.7 Å². The quantitative estimate of drug-likeness (QED) is 0.540. The number of fused-ring (bicyclic) bond motifs is 9. The molecule has 4 bridgehead atoms. The molecule has 3 amide bonds. The van der Waals surface area contributed by atoms with Gasteiger partial charge in [0.2, 0.25) is 17.7 Å². The molecule has 0 aromatic heterocycles. The Balaban J connectivity index is 1.37. The maximum Gasteiger partial charge on any atom is 0.239 e. The summed E-state index contributed by atoms with van der Waals surface area (Å²) < 4.78 is 17.8. The molecule has 0 radical (unpaired) electrons. The van der Waals surface area contributed by atoms with Gasteiger partial charge in [-0.2, -0.15) is 0 Å². The molecule has 2 N–H and O–H groups in total. The van der Waals surface area contributed by atoms with Gasteiger partial charge in [0.25, 0.3) is 0 Å². The van der Waals surface area contributed by atoms with Gasteiger partial charge in [-0.05, 0) is 67.5 Å². The molecular weight excluding hydrogens is 538 g/mol. The van der Waals surface area contributed by atoms with Crippen LogP contribution in [0, 0.1) is 5.41 Å². The minimum atomic E-state index is -0.464. The normalized spacial score (nSPS) is 22.7. The largest absolute Gasteiger partial charge is 0.457 e. The number of piperidine rings is 1. The summed E-state index contributed by atoms with van der Waals surface area (Å²) in [5.74, 6) is 0.972. The van der Waals surface area contributed by atoms with Gasteiger partial charge in [0.15, 0.2) is 0 Å². The summed E-state index contributed by atoms with van der Waals surface area (Å²) in [5.41, 5.74) is 1.45. The maximum absolute atomic E-state index is 13.4. The van der Waals surface area contributed by atoms with Gasteiger partial charge >= 0.3 is 0 Å². The lowest BCUT2D eigenvalue weighted by Crippen LogP contribution is -2.59. The van der Waals surface area contributed by atoms with Gasteiger partial charge in [-0.25, -0.2) is 0 Å². The van der Waals surface area contributed by atoms with Gasteiger partial charge in [-0.15, -0.1) is 0 Å². The van der Waals surface area contributed by atoms with Crippen LogP contribution in [0.15, 0.2) is 48.5 Å². The van der Waals surface area contributed by atoms with E-state index in [-0.39, 0.29) is 49.9 Å². The zero-order valence-corrected chi connectivity index (χ0v) is 24.3. The molecule has 42 heavy (non-hydrogen) atoms. The Morgan fingerprint density at radius 1 is 1.10 bits per heavy atom. The predicted molar refractivity (Wildman–Crippen MR) is 155 cm³/mol. The van der Waals surface area contributed by atoms with Crippen LogP contribution < -0.4 is 10.1 Å². The van der Waals surface area contributed by atoms with E-state index >= 15 is 0 Å². The lowest BCUT2D eigenvalue weighted by Gasteiger charge is -2.40. The van der Waals surface area contributed by atoms with Crippen molar-refractivity contribution in [2.45, 2.75) is 57.3 Å². The number of amides is 3. The van der Waals surface area contributed by atoms with Gasteiger partial charge in [0.1, 0.15) is 11.5 Å². The fraction of sp³-hybridized carbons (Fsp3) is 0.531. The van der Waals surface area contributed by atoms with Crippen molar-refractivity contribution in [3.63, 3.8) is 0 Å². The van der Waals surface area contributed by atoms with Crippen LogP contribution in [0.4, 0.5) is 0 Å². The van der Waals surface area contributed by atoms with Crippen LogP contribution in [0.1, 0.15) is 43.2 Å². The van der Waals surface area contributed by atoms with Crippen LogP contribution in [0.2, 0.25) is 0 Å². The number of aryl methyl sites for hydroxylation is 1. The number of ether oxygens (including phenoxy) is 3. The number of carbonyl (C=O) groups excluding carboxylic acids is 3. The van der Waals surface area contributed by atoms with Crippen molar-refractivity contribution in [3.8, 4) is 11.5 Å². The number of hydrogen-bond donors (Lipinski definition) is 2. The number of methoxy groups -OCH3 is 1. The molecule has 226 valence electrons. The van der Waals surface area contributed by atoms with E-state index in [2.05, 4.69) is 5.32 Å². The van der Waals surface area contributed by atoms with Crippen LogP contribution in [0.5, 0.6) is 11.5 Å². The molecule has 2 aromatic rings. The second-order valence-electron chi connectivity index (χ2n) is 11.6. The molecule has 0 spiro atoms. The van der Waals surface area contributed by atoms with Gasteiger partial charge in [0, 0.05) is 39.8 Å². The molecule has 4 aliphatic rings. The highest BCUT2D eigenvalue weighted by Gasteiger charge is 2.52. The number of aliphatic hydroxyl groups is 1. The molecule has 1 aliphatic carbocycles.